The predicted octanol–water partition coefficient (Wildman–Crippen LogP) is 3.51. The lowest BCUT2D eigenvalue weighted by Crippen LogP contribution is -2.50. The van der Waals surface area contributed by atoms with E-state index in [0.717, 1.165) is 12.1 Å². The van der Waals surface area contributed by atoms with Crippen molar-refractivity contribution >= 4 is 17.3 Å². The summed E-state index contributed by atoms with van der Waals surface area (Å²) in [5.41, 5.74) is 2.20. The second-order valence-corrected chi connectivity index (χ2v) is 6.35. The largest absolute Gasteiger partial charge is 0.358 e. The number of Topliss-reactive ketones (excluding diaryl/α,β-unsaturated/α-hetero) is 2. The third kappa shape index (κ3) is 1.86. The average molecular weight is 318 g/mol. The van der Waals surface area contributed by atoms with Crippen molar-refractivity contribution in [3.63, 3.8) is 0 Å². The summed E-state index contributed by atoms with van der Waals surface area (Å²) in [7, 11) is 0. The van der Waals surface area contributed by atoms with Gasteiger partial charge in [0.25, 0.3) is 0 Å². The maximum atomic E-state index is 13.1. The monoisotopic (exact) mass is 318 g/mol. The van der Waals surface area contributed by atoms with E-state index in [0.29, 0.717) is 22.5 Å². The molecule has 0 saturated carbocycles. The molecule has 0 amide bonds. The number of nitrogens with one attached hydrogen (secondary N) is 1. The second kappa shape index (κ2) is 5.06. The second-order valence-electron chi connectivity index (χ2n) is 6.35. The van der Waals surface area contributed by atoms with E-state index in [9.17, 15) is 9.59 Å². The molecule has 0 saturated heterocycles. The van der Waals surface area contributed by atoms with Gasteiger partial charge in [-0.2, -0.15) is 0 Å². The van der Waals surface area contributed by atoms with Crippen LogP contribution in [-0.2, 0) is 0 Å². The molecule has 1 aliphatic heterocycles. The molecule has 0 spiro atoms. The summed E-state index contributed by atoms with van der Waals surface area (Å²) in [6.45, 7) is 4.06. The molecule has 0 bridgehead atoms. The normalized spacial score (nSPS) is 22.3. The summed E-state index contributed by atoms with van der Waals surface area (Å²) in [5, 5.41) is 3.32. The fourth-order valence-electron chi connectivity index (χ4n) is 3.50. The topological polar surface area (TPSA) is 49.4 Å². The Bertz CT molecular complexity index is 886. The Balaban J connectivity index is 1.94. The number of allylic oxidation sites excluding steroid dienone is 2. The molecule has 2 aliphatic rings. The van der Waals surface area contributed by atoms with Gasteiger partial charge in [-0.05, 0) is 25.5 Å². The lowest BCUT2D eigenvalue weighted by atomic mass is 9.90. The molecule has 4 heteroatoms. The number of ketones is 2. The lowest BCUT2D eigenvalue weighted by molar-refractivity contribution is 0.0973. The highest BCUT2D eigenvalue weighted by Crippen LogP contribution is 2.40. The van der Waals surface area contributed by atoms with Crippen LogP contribution in [0, 0.1) is 0 Å². The molecule has 24 heavy (non-hydrogen) atoms. The molecule has 4 rings (SSSR count). The van der Waals surface area contributed by atoms with Crippen molar-refractivity contribution in [3.8, 4) is 0 Å². The molecule has 0 aromatic heterocycles. The minimum absolute atomic E-state index is 0.103. The van der Waals surface area contributed by atoms with E-state index < -0.39 is 5.66 Å². The number of rotatable bonds is 2. The quantitative estimate of drug-likeness (QED) is 0.920. The number of benzene rings is 2. The van der Waals surface area contributed by atoms with Crippen molar-refractivity contribution in [3.05, 3.63) is 77.1 Å². The number of hydrogen-bond acceptors (Lipinski definition) is 4. The fourth-order valence-corrected chi connectivity index (χ4v) is 3.50. The van der Waals surface area contributed by atoms with E-state index in [4.69, 9.17) is 0 Å². The first-order valence-corrected chi connectivity index (χ1v) is 8.13. The van der Waals surface area contributed by atoms with Crippen LogP contribution in [0.2, 0.25) is 0 Å². The molecule has 1 aliphatic carbocycles. The summed E-state index contributed by atoms with van der Waals surface area (Å²) >= 11 is 0. The first-order chi connectivity index (χ1) is 11.6. The van der Waals surface area contributed by atoms with E-state index >= 15 is 0 Å². The maximum Gasteiger partial charge on any atom is 0.212 e. The van der Waals surface area contributed by atoms with Crippen LogP contribution in [0.4, 0.5) is 5.69 Å². The van der Waals surface area contributed by atoms with Gasteiger partial charge in [0.2, 0.25) is 11.6 Å². The van der Waals surface area contributed by atoms with Crippen LogP contribution in [0.5, 0.6) is 0 Å². The van der Waals surface area contributed by atoms with E-state index in [1.54, 1.807) is 24.3 Å². The Labute approximate surface area is 140 Å². The van der Waals surface area contributed by atoms with Crippen LogP contribution in [0.25, 0.3) is 0 Å². The molecular weight excluding hydrogens is 300 g/mol. The zero-order valence-corrected chi connectivity index (χ0v) is 13.7. The molecule has 1 N–H and O–H groups in total. The molecular formula is C20H18N2O2. The first kappa shape index (κ1) is 14.7. The van der Waals surface area contributed by atoms with Crippen molar-refractivity contribution in [2.45, 2.75) is 25.9 Å². The summed E-state index contributed by atoms with van der Waals surface area (Å²) in [4.78, 5) is 28.0. The van der Waals surface area contributed by atoms with E-state index in [1.807, 2.05) is 49.1 Å². The van der Waals surface area contributed by atoms with Crippen LogP contribution < -0.4 is 10.2 Å². The lowest BCUT2D eigenvalue weighted by Gasteiger charge is -2.37. The highest BCUT2D eigenvalue weighted by atomic mass is 16.1. The van der Waals surface area contributed by atoms with Gasteiger partial charge < -0.3 is 10.2 Å². The molecule has 0 fully saturated rings. The van der Waals surface area contributed by atoms with Gasteiger partial charge >= 0.3 is 0 Å². The average Bonchev–Trinajstić information content (AvgIpc) is 2.95. The standard InChI is InChI=1S/C20H18N2O2/c1-3-20(2)21-16-17(22(20)13-9-5-4-6-10-13)19(24)15-12-8-7-11-14(15)18(16)23/h4-12,21H,3H2,1-2H3. The molecule has 120 valence electrons. The van der Waals surface area contributed by atoms with E-state index in [2.05, 4.69) is 5.32 Å². The van der Waals surface area contributed by atoms with Gasteiger partial charge in [-0.15, -0.1) is 0 Å². The van der Waals surface area contributed by atoms with Gasteiger partial charge in [-0.1, -0.05) is 49.4 Å². The van der Waals surface area contributed by atoms with Gasteiger partial charge in [-0.3, -0.25) is 9.59 Å². The molecule has 1 atom stereocenters. The Kier molecular flexibility index (Phi) is 3.10. The highest BCUT2D eigenvalue weighted by molar-refractivity contribution is 6.28. The third-order valence-corrected chi connectivity index (χ3v) is 4.91. The first-order valence-electron chi connectivity index (χ1n) is 8.13. The Morgan fingerprint density at radius 1 is 0.917 bits per heavy atom. The Morgan fingerprint density at radius 2 is 1.50 bits per heavy atom. The van der Waals surface area contributed by atoms with Gasteiger partial charge in [-0.25, -0.2) is 0 Å². The summed E-state index contributed by atoms with van der Waals surface area (Å²) < 4.78 is 0. The summed E-state index contributed by atoms with van der Waals surface area (Å²) in [5.74, 6) is -0.216. The van der Waals surface area contributed by atoms with Gasteiger partial charge in [0.1, 0.15) is 17.1 Å². The van der Waals surface area contributed by atoms with Crippen LogP contribution >= 0.6 is 0 Å². The Hall–Kier alpha value is -2.88. The van der Waals surface area contributed by atoms with Crippen molar-refractivity contribution in [2.75, 3.05) is 4.90 Å². The maximum absolute atomic E-state index is 13.1. The minimum atomic E-state index is -0.515. The molecule has 2 aromatic rings. The molecule has 4 nitrogen and oxygen atoms in total. The van der Waals surface area contributed by atoms with Gasteiger partial charge in [0, 0.05) is 16.8 Å². The number of carbonyl (C=O) groups is 2. The van der Waals surface area contributed by atoms with Gasteiger partial charge in [0.05, 0.1) is 0 Å². The minimum Gasteiger partial charge on any atom is -0.358 e. The van der Waals surface area contributed by atoms with Crippen LogP contribution in [0.3, 0.4) is 0 Å². The zero-order valence-electron chi connectivity index (χ0n) is 13.7. The van der Waals surface area contributed by atoms with Crippen molar-refractivity contribution in [1.82, 2.24) is 5.32 Å². The van der Waals surface area contributed by atoms with E-state index in [1.165, 1.54) is 0 Å². The van der Waals surface area contributed by atoms with Crippen molar-refractivity contribution < 1.29 is 9.59 Å². The Morgan fingerprint density at radius 3 is 2.12 bits per heavy atom. The number of fused-ring (bicyclic) bond motifs is 1. The molecule has 1 heterocycles. The molecule has 0 radical (unpaired) electrons. The number of para-hydroxylation sites is 1. The molecule has 1 unspecified atom stereocenters. The number of nitrogens with zero attached hydrogens (tertiary/aromatic N) is 1. The van der Waals surface area contributed by atoms with Crippen molar-refractivity contribution in [1.29, 1.82) is 0 Å². The number of carbonyl (C=O) groups excluding carboxylic acids is 2. The number of anilines is 1. The SMILES string of the molecule is CCC1(C)NC2=C(C(=O)c3ccccc3C2=O)N1c1ccccc1. The van der Waals surface area contributed by atoms with Crippen LogP contribution in [0.15, 0.2) is 66.0 Å². The predicted molar refractivity (Wildman–Crippen MR) is 92.9 cm³/mol. The summed E-state index contributed by atoms with van der Waals surface area (Å²) in [6.07, 6.45) is 0.742. The third-order valence-electron chi connectivity index (χ3n) is 4.91. The fraction of sp³-hybridized carbons (Fsp3) is 0.200. The van der Waals surface area contributed by atoms with Crippen LogP contribution in [-0.4, -0.2) is 17.2 Å². The van der Waals surface area contributed by atoms with Crippen LogP contribution in [0.1, 0.15) is 41.0 Å². The smallest absolute Gasteiger partial charge is 0.212 e. The molecule has 2 aromatic carbocycles. The summed E-state index contributed by atoms with van der Waals surface area (Å²) in [6, 6.07) is 16.8. The van der Waals surface area contributed by atoms with E-state index in [-0.39, 0.29) is 11.6 Å². The van der Waals surface area contributed by atoms with Crippen molar-refractivity contribution in [2.24, 2.45) is 0 Å². The number of hydrogen-bond donors (Lipinski definition) is 1. The van der Waals surface area contributed by atoms with Gasteiger partial charge in [0.15, 0.2) is 0 Å². The highest BCUT2D eigenvalue weighted by Gasteiger charge is 2.48. The zero-order chi connectivity index (χ0) is 16.9.